The maximum absolute atomic E-state index is 12.4. The van der Waals surface area contributed by atoms with Crippen LogP contribution in [0.2, 0.25) is 0 Å². The molecule has 0 aromatic rings. The molecule has 102 valence electrons. The molecule has 0 radical (unpaired) electrons. The van der Waals surface area contributed by atoms with Crippen LogP contribution in [0.15, 0.2) is 28.0 Å². The molecule has 5 heteroatoms. The zero-order chi connectivity index (χ0) is 15.0. The molecule has 0 saturated heterocycles. The Hall–Kier alpha value is -1.87. The van der Waals surface area contributed by atoms with Gasteiger partial charge in [0, 0.05) is 16.1 Å². The van der Waals surface area contributed by atoms with E-state index in [2.05, 4.69) is 10.0 Å². The highest BCUT2D eigenvalue weighted by atomic mass is 16.1. The van der Waals surface area contributed by atoms with Crippen LogP contribution in [0.4, 0.5) is 0 Å². The van der Waals surface area contributed by atoms with Crippen molar-refractivity contribution in [2.24, 2.45) is 15.9 Å². The van der Waals surface area contributed by atoms with Crippen LogP contribution >= 0.6 is 0 Å². The van der Waals surface area contributed by atoms with Gasteiger partial charge in [0.25, 0.3) is 0 Å². The fraction of sp³-hybridized carbons (Fsp3) is 0.571. The lowest BCUT2D eigenvalue weighted by molar-refractivity contribution is -0.117. The predicted octanol–water partition coefficient (Wildman–Crippen LogP) is 3.72. The third-order valence-corrected chi connectivity index (χ3v) is 2.92. The van der Waals surface area contributed by atoms with Gasteiger partial charge in [-0.05, 0) is 22.4 Å². The molecule has 0 aliphatic heterocycles. The molecule has 0 fully saturated rings. The summed E-state index contributed by atoms with van der Waals surface area (Å²) in [5.74, 6) is -0.603. The lowest BCUT2D eigenvalue weighted by Gasteiger charge is -2.30. The van der Waals surface area contributed by atoms with Gasteiger partial charge in [-0.15, -0.1) is 0 Å². The molecule has 0 heterocycles. The SMILES string of the molecule is CC(C)(C)C1=CC(=O)C(C(C)(C)C)=C(N=[N+]=[N-])C1=O. The average Bonchev–Trinajstić information content (AvgIpc) is 2.19. The highest BCUT2D eigenvalue weighted by Gasteiger charge is 2.37. The van der Waals surface area contributed by atoms with Crippen molar-refractivity contribution < 1.29 is 9.59 Å². The third-order valence-electron chi connectivity index (χ3n) is 2.92. The van der Waals surface area contributed by atoms with Gasteiger partial charge in [-0.25, -0.2) is 0 Å². The molecule has 5 nitrogen and oxygen atoms in total. The van der Waals surface area contributed by atoms with Gasteiger partial charge in [0.15, 0.2) is 11.6 Å². The maximum atomic E-state index is 12.4. The topological polar surface area (TPSA) is 82.9 Å². The summed E-state index contributed by atoms with van der Waals surface area (Å²) >= 11 is 0. The minimum Gasteiger partial charge on any atom is -0.290 e. The Morgan fingerprint density at radius 1 is 1.05 bits per heavy atom. The van der Waals surface area contributed by atoms with E-state index in [-0.39, 0.29) is 22.8 Å². The van der Waals surface area contributed by atoms with Crippen LogP contribution in [-0.4, -0.2) is 11.6 Å². The molecular formula is C14H19N3O2. The molecule has 0 spiro atoms. The van der Waals surface area contributed by atoms with E-state index in [4.69, 9.17) is 5.53 Å². The number of carbonyl (C=O) groups is 2. The van der Waals surface area contributed by atoms with Crippen LogP contribution in [0.1, 0.15) is 41.5 Å². The number of carbonyl (C=O) groups excluding carboxylic acids is 2. The second kappa shape index (κ2) is 4.67. The fourth-order valence-electron chi connectivity index (χ4n) is 2.05. The zero-order valence-corrected chi connectivity index (χ0v) is 12.2. The van der Waals surface area contributed by atoms with E-state index >= 15 is 0 Å². The van der Waals surface area contributed by atoms with Crippen LogP contribution in [0.3, 0.4) is 0 Å². The van der Waals surface area contributed by atoms with Crippen molar-refractivity contribution in [3.05, 3.63) is 33.4 Å². The molecule has 0 atom stereocenters. The third kappa shape index (κ3) is 2.93. The van der Waals surface area contributed by atoms with Crippen molar-refractivity contribution in [1.82, 2.24) is 0 Å². The largest absolute Gasteiger partial charge is 0.290 e. The van der Waals surface area contributed by atoms with Crippen LogP contribution in [0, 0.1) is 10.8 Å². The molecule has 0 saturated carbocycles. The monoisotopic (exact) mass is 261 g/mol. The molecule has 0 unspecified atom stereocenters. The number of hydrogen-bond acceptors (Lipinski definition) is 3. The molecule has 1 aliphatic carbocycles. The smallest absolute Gasteiger partial charge is 0.192 e. The van der Waals surface area contributed by atoms with E-state index in [9.17, 15) is 9.59 Å². The van der Waals surface area contributed by atoms with E-state index in [0.29, 0.717) is 5.57 Å². The first-order chi connectivity index (χ1) is 8.50. The van der Waals surface area contributed by atoms with Gasteiger partial charge in [0.2, 0.25) is 0 Å². The van der Waals surface area contributed by atoms with E-state index in [0.717, 1.165) is 0 Å². The lowest BCUT2D eigenvalue weighted by Crippen LogP contribution is -2.30. The summed E-state index contributed by atoms with van der Waals surface area (Å²) < 4.78 is 0. The van der Waals surface area contributed by atoms with Gasteiger partial charge in [0.1, 0.15) is 0 Å². The summed E-state index contributed by atoms with van der Waals surface area (Å²) in [6.07, 6.45) is 1.37. The van der Waals surface area contributed by atoms with Crippen LogP contribution in [0.5, 0.6) is 0 Å². The van der Waals surface area contributed by atoms with Crippen molar-refractivity contribution in [3.8, 4) is 0 Å². The Morgan fingerprint density at radius 3 is 1.95 bits per heavy atom. The lowest BCUT2D eigenvalue weighted by atomic mass is 9.73. The second-order valence-electron chi connectivity index (χ2n) is 6.66. The molecule has 19 heavy (non-hydrogen) atoms. The molecule has 1 rings (SSSR count). The highest BCUT2D eigenvalue weighted by Crippen LogP contribution is 2.38. The number of hydrogen-bond donors (Lipinski definition) is 0. The molecular weight excluding hydrogens is 242 g/mol. The Morgan fingerprint density at radius 2 is 1.58 bits per heavy atom. The predicted molar refractivity (Wildman–Crippen MR) is 73.2 cm³/mol. The highest BCUT2D eigenvalue weighted by molar-refractivity contribution is 6.23. The molecule has 0 aromatic carbocycles. The van der Waals surface area contributed by atoms with Gasteiger partial charge in [-0.2, -0.15) is 0 Å². The van der Waals surface area contributed by atoms with Crippen molar-refractivity contribution in [2.45, 2.75) is 41.5 Å². The van der Waals surface area contributed by atoms with E-state index in [1.54, 1.807) is 0 Å². The van der Waals surface area contributed by atoms with Crippen LogP contribution in [-0.2, 0) is 9.59 Å². The Labute approximate surface area is 113 Å². The summed E-state index contributed by atoms with van der Waals surface area (Å²) in [7, 11) is 0. The molecule has 0 amide bonds. The quantitative estimate of drug-likeness (QED) is 0.312. The van der Waals surface area contributed by atoms with Gasteiger partial charge in [0.05, 0.1) is 5.70 Å². The van der Waals surface area contributed by atoms with E-state index in [1.807, 2.05) is 41.5 Å². The minimum absolute atomic E-state index is 0.0626. The van der Waals surface area contributed by atoms with Crippen LogP contribution in [0.25, 0.3) is 10.4 Å². The maximum Gasteiger partial charge on any atom is 0.192 e. The van der Waals surface area contributed by atoms with Gasteiger partial charge >= 0.3 is 0 Å². The second-order valence-corrected chi connectivity index (χ2v) is 6.66. The van der Waals surface area contributed by atoms with Crippen molar-refractivity contribution in [2.75, 3.05) is 0 Å². The standard InChI is InChI=1S/C14H19N3O2/c1-13(2,3)8-7-9(18)10(14(4,5)6)11(12(8)19)16-17-15/h7H,1-6H3. The minimum atomic E-state index is -0.545. The molecule has 0 N–H and O–H groups in total. The summed E-state index contributed by atoms with van der Waals surface area (Å²) in [6.45, 7) is 11.0. The first kappa shape index (κ1) is 15.2. The number of Topliss-reactive ketones (excluding diaryl/α,β-unsaturated/α-hetero) is 1. The van der Waals surface area contributed by atoms with Crippen molar-refractivity contribution in [1.29, 1.82) is 0 Å². The fourth-order valence-corrected chi connectivity index (χ4v) is 2.05. The summed E-state index contributed by atoms with van der Waals surface area (Å²) in [5, 5.41) is 3.48. The Kier molecular flexibility index (Phi) is 3.73. The number of rotatable bonds is 1. The van der Waals surface area contributed by atoms with E-state index < -0.39 is 10.8 Å². The first-order valence-corrected chi connectivity index (χ1v) is 6.11. The summed E-state index contributed by atoms with van der Waals surface area (Å²) in [6, 6.07) is 0. The first-order valence-electron chi connectivity index (χ1n) is 6.11. The Balaban J connectivity index is 3.56. The average molecular weight is 261 g/mol. The Bertz CT molecular complexity index is 548. The number of azide groups is 1. The number of nitrogens with zero attached hydrogens (tertiary/aromatic N) is 3. The number of ketones is 2. The van der Waals surface area contributed by atoms with Gasteiger partial charge in [-0.1, -0.05) is 46.7 Å². The normalized spacial score (nSPS) is 17.3. The van der Waals surface area contributed by atoms with Crippen molar-refractivity contribution in [3.63, 3.8) is 0 Å². The summed E-state index contributed by atoms with van der Waals surface area (Å²) in [4.78, 5) is 27.4. The number of allylic oxidation sites excluding steroid dienone is 3. The van der Waals surface area contributed by atoms with Crippen LogP contribution < -0.4 is 0 Å². The van der Waals surface area contributed by atoms with Crippen molar-refractivity contribution >= 4 is 11.6 Å². The van der Waals surface area contributed by atoms with Gasteiger partial charge in [-0.3, -0.25) is 9.59 Å². The van der Waals surface area contributed by atoms with E-state index in [1.165, 1.54) is 6.08 Å². The molecule has 0 aromatic heterocycles. The summed E-state index contributed by atoms with van der Waals surface area (Å²) in [5.41, 5.74) is 8.23. The zero-order valence-electron chi connectivity index (χ0n) is 12.2. The van der Waals surface area contributed by atoms with Gasteiger partial charge < -0.3 is 0 Å². The molecule has 1 aliphatic rings. The molecule has 0 bridgehead atoms.